The predicted octanol–water partition coefficient (Wildman–Crippen LogP) is 2.00. The maximum atomic E-state index is 12.6. The van der Waals surface area contributed by atoms with E-state index in [-0.39, 0.29) is 12.0 Å². The van der Waals surface area contributed by atoms with Crippen molar-refractivity contribution in [3.63, 3.8) is 0 Å². The van der Waals surface area contributed by atoms with Crippen LogP contribution in [-0.4, -0.2) is 18.0 Å². The lowest BCUT2D eigenvalue weighted by molar-refractivity contribution is -0.139. The van der Waals surface area contributed by atoms with Gasteiger partial charge in [0, 0.05) is 12.6 Å². The summed E-state index contributed by atoms with van der Waals surface area (Å²) in [6.45, 7) is 0. The van der Waals surface area contributed by atoms with Crippen LogP contribution in [0.2, 0.25) is 0 Å². The molecular weight excluding hydrogens is 249 g/mol. The number of hydrogen-bond donors (Lipinski definition) is 1. The first kappa shape index (κ1) is 14.0. The number of halogens is 3. The standard InChI is InChI=1S/C11H11F3N2O2/c1-18-10-8(11(12,13)14)5-7(6-16-10)3-2-4-9(15)17/h2-3,5-6H,4H2,1H3,(H2,15,17). The number of carbonyl (C=O) groups excluding carboxylic acids is 1. The molecule has 0 aliphatic rings. The fraction of sp³-hybridized carbons (Fsp3) is 0.273. The van der Waals surface area contributed by atoms with Gasteiger partial charge in [-0.1, -0.05) is 12.2 Å². The quantitative estimate of drug-likeness (QED) is 0.900. The van der Waals surface area contributed by atoms with Crippen LogP contribution in [0.15, 0.2) is 18.3 Å². The number of nitrogens with two attached hydrogens (primary N) is 1. The molecule has 0 spiro atoms. The lowest BCUT2D eigenvalue weighted by Gasteiger charge is -2.11. The molecule has 0 saturated heterocycles. The fourth-order valence-corrected chi connectivity index (χ4v) is 1.24. The summed E-state index contributed by atoms with van der Waals surface area (Å²) in [7, 11) is 1.11. The van der Waals surface area contributed by atoms with E-state index in [0.29, 0.717) is 0 Å². The first-order chi connectivity index (χ1) is 8.34. The minimum Gasteiger partial charge on any atom is -0.481 e. The zero-order chi connectivity index (χ0) is 13.8. The summed E-state index contributed by atoms with van der Waals surface area (Å²) in [5, 5.41) is 0. The average molecular weight is 260 g/mol. The van der Waals surface area contributed by atoms with Crippen LogP contribution >= 0.6 is 0 Å². The Labute approximate surface area is 101 Å². The number of aromatic nitrogens is 1. The third kappa shape index (κ3) is 3.76. The highest BCUT2D eigenvalue weighted by Crippen LogP contribution is 2.35. The lowest BCUT2D eigenvalue weighted by atomic mass is 10.1. The number of pyridine rings is 1. The summed E-state index contributed by atoms with van der Waals surface area (Å²) < 4.78 is 42.5. The molecular formula is C11H11F3N2O2. The Morgan fingerprint density at radius 2 is 2.22 bits per heavy atom. The van der Waals surface area contributed by atoms with Crippen LogP contribution in [0.3, 0.4) is 0 Å². The molecule has 0 aliphatic carbocycles. The number of alkyl halides is 3. The van der Waals surface area contributed by atoms with Crippen molar-refractivity contribution in [1.29, 1.82) is 0 Å². The summed E-state index contributed by atoms with van der Waals surface area (Å²) >= 11 is 0. The van der Waals surface area contributed by atoms with E-state index in [2.05, 4.69) is 9.72 Å². The molecule has 4 nitrogen and oxygen atoms in total. The van der Waals surface area contributed by atoms with Crippen molar-refractivity contribution in [2.75, 3.05) is 7.11 Å². The Balaban J connectivity index is 3.03. The number of primary amides is 1. The second-order valence-corrected chi connectivity index (χ2v) is 3.40. The van der Waals surface area contributed by atoms with E-state index in [1.165, 1.54) is 18.3 Å². The molecule has 0 radical (unpaired) electrons. The van der Waals surface area contributed by atoms with Gasteiger partial charge in [0.2, 0.25) is 11.8 Å². The summed E-state index contributed by atoms with van der Waals surface area (Å²) in [4.78, 5) is 14.0. The van der Waals surface area contributed by atoms with E-state index < -0.39 is 23.5 Å². The van der Waals surface area contributed by atoms with Crippen LogP contribution in [0, 0.1) is 0 Å². The molecule has 0 aromatic carbocycles. The summed E-state index contributed by atoms with van der Waals surface area (Å²) in [5.41, 5.74) is 4.14. The number of ether oxygens (including phenoxy) is 1. The topological polar surface area (TPSA) is 65.2 Å². The van der Waals surface area contributed by atoms with Crippen molar-refractivity contribution < 1.29 is 22.7 Å². The van der Waals surface area contributed by atoms with Crippen molar-refractivity contribution in [2.24, 2.45) is 5.73 Å². The number of amides is 1. The third-order valence-corrected chi connectivity index (χ3v) is 2.00. The highest BCUT2D eigenvalue weighted by Gasteiger charge is 2.35. The minimum absolute atomic E-state index is 0.0482. The summed E-state index contributed by atoms with van der Waals surface area (Å²) in [6.07, 6.45) is -0.677. The highest BCUT2D eigenvalue weighted by molar-refractivity contribution is 5.76. The van der Waals surface area contributed by atoms with Crippen molar-refractivity contribution >= 4 is 12.0 Å². The molecule has 1 aromatic heterocycles. The highest BCUT2D eigenvalue weighted by atomic mass is 19.4. The smallest absolute Gasteiger partial charge is 0.421 e. The second-order valence-electron chi connectivity index (χ2n) is 3.40. The molecule has 18 heavy (non-hydrogen) atoms. The molecule has 0 atom stereocenters. The van der Waals surface area contributed by atoms with E-state index in [0.717, 1.165) is 13.2 Å². The largest absolute Gasteiger partial charge is 0.481 e. The molecule has 2 N–H and O–H groups in total. The predicted molar refractivity (Wildman–Crippen MR) is 58.6 cm³/mol. The minimum atomic E-state index is -4.55. The number of hydrogen-bond acceptors (Lipinski definition) is 3. The van der Waals surface area contributed by atoms with Crippen LogP contribution in [-0.2, 0) is 11.0 Å². The first-order valence-electron chi connectivity index (χ1n) is 4.90. The van der Waals surface area contributed by atoms with Crippen LogP contribution in [0.25, 0.3) is 6.08 Å². The fourth-order valence-electron chi connectivity index (χ4n) is 1.24. The van der Waals surface area contributed by atoms with Crippen molar-refractivity contribution in [3.8, 4) is 5.88 Å². The maximum absolute atomic E-state index is 12.6. The molecule has 0 unspecified atom stereocenters. The van der Waals surface area contributed by atoms with Gasteiger partial charge in [0.15, 0.2) is 0 Å². The van der Waals surface area contributed by atoms with Gasteiger partial charge >= 0.3 is 6.18 Å². The Morgan fingerprint density at radius 3 is 2.72 bits per heavy atom. The third-order valence-electron chi connectivity index (χ3n) is 2.00. The Bertz CT molecular complexity index is 470. The number of methoxy groups -OCH3 is 1. The van der Waals surface area contributed by atoms with Crippen LogP contribution in [0.5, 0.6) is 5.88 Å². The summed E-state index contributed by atoms with van der Waals surface area (Å²) in [5.74, 6) is -1.06. The summed E-state index contributed by atoms with van der Waals surface area (Å²) in [6, 6.07) is 0.892. The average Bonchev–Trinajstić information content (AvgIpc) is 2.27. The molecule has 0 bridgehead atoms. The Hall–Kier alpha value is -2.05. The van der Waals surface area contributed by atoms with Crippen LogP contribution in [0.1, 0.15) is 17.5 Å². The molecule has 1 amide bonds. The lowest BCUT2D eigenvalue weighted by Crippen LogP contribution is -2.09. The Kier molecular flexibility index (Phi) is 4.30. The van der Waals surface area contributed by atoms with E-state index in [1.807, 2.05) is 0 Å². The van der Waals surface area contributed by atoms with Gasteiger partial charge in [-0.15, -0.1) is 0 Å². The molecule has 98 valence electrons. The zero-order valence-electron chi connectivity index (χ0n) is 9.49. The van der Waals surface area contributed by atoms with Gasteiger partial charge in [-0.25, -0.2) is 4.98 Å². The van der Waals surface area contributed by atoms with Gasteiger partial charge in [-0.2, -0.15) is 13.2 Å². The second kappa shape index (κ2) is 5.52. The van der Waals surface area contributed by atoms with Crippen LogP contribution in [0.4, 0.5) is 13.2 Å². The molecule has 0 fully saturated rings. The van der Waals surface area contributed by atoms with Gasteiger partial charge in [0.25, 0.3) is 0 Å². The van der Waals surface area contributed by atoms with Gasteiger partial charge < -0.3 is 10.5 Å². The monoisotopic (exact) mass is 260 g/mol. The number of nitrogens with zero attached hydrogens (tertiary/aromatic N) is 1. The van der Waals surface area contributed by atoms with Gasteiger partial charge in [-0.05, 0) is 11.6 Å². The number of rotatable bonds is 4. The molecule has 7 heteroatoms. The molecule has 1 rings (SSSR count). The van der Waals surface area contributed by atoms with E-state index >= 15 is 0 Å². The SMILES string of the molecule is COc1ncc(C=CCC(N)=O)cc1C(F)(F)F. The van der Waals surface area contributed by atoms with Crippen LogP contribution < -0.4 is 10.5 Å². The zero-order valence-corrected chi connectivity index (χ0v) is 9.49. The van der Waals surface area contributed by atoms with E-state index in [9.17, 15) is 18.0 Å². The number of carbonyl (C=O) groups is 1. The normalized spacial score (nSPS) is 11.8. The van der Waals surface area contributed by atoms with Crippen molar-refractivity contribution in [3.05, 3.63) is 29.5 Å². The molecule has 0 aliphatic heterocycles. The van der Waals surface area contributed by atoms with Crippen molar-refractivity contribution in [2.45, 2.75) is 12.6 Å². The van der Waals surface area contributed by atoms with E-state index in [1.54, 1.807) is 0 Å². The Morgan fingerprint density at radius 1 is 1.56 bits per heavy atom. The van der Waals surface area contributed by atoms with E-state index in [4.69, 9.17) is 5.73 Å². The molecule has 0 saturated carbocycles. The van der Waals surface area contributed by atoms with Gasteiger partial charge in [0.05, 0.1) is 7.11 Å². The molecule has 1 aromatic rings. The van der Waals surface area contributed by atoms with Gasteiger partial charge in [0.1, 0.15) is 5.56 Å². The molecule has 1 heterocycles. The maximum Gasteiger partial charge on any atom is 0.421 e. The van der Waals surface area contributed by atoms with Gasteiger partial charge in [-0.3, -0.25) is 4.79 Å². The van der Waals surface area contributed by atoms with Crippen molar-refractivity contribution in [1.82, 2.24) is 4.98 Å². The first-order valence-corrected chi connectivity index (χ1v) is 4.90.